The first-order chi connectivity index (χ1) is 10.0. The van der Waals surface area contributed by atoms with Crippen molar-refractivity contribution >= 4 is 43.1 Å². The van der Waals surface area contributed by atoms with Gasteiger partial charge in [0.05, 0.1) is 0 Å². The first kappa shape index (κ1) is 18.5. The number of benzene rings is 2. The van der Waals surface area contributed by atoms with E-state index in [2.05, 4.69) is 4.99 Å². The van der Waals surface area contributed by atoms with Crippen LogP contribution in [-0.2, 0) is 29.7 Å². The van der Waals surface area contributed by atoms with E-state index < -0.39 is 28.7 Å². The molecule has 0 saturated heterocycles. The van der Waals surface area contributed by atoms with Gasteiger partial charge in [0, 0.05) is 6.21 Å². The third-order valence-electron chi connectivity index (χ3n) is 2.51. The van der Waals surface area contributed by atoms with Crippen LogP contribution in [0.2, 0.25) is 0 Å². The SMILES string of the molecule is Cc1cccc(C=Nc2c(F)cccc2F)c1[S-].[Cl][Ti][Cl]. The molecular formula is C14H10Cl2F2NSTi-. The van der Waals surface area contributed by atoms with Crippen LogP contribution >= 0.6 is 18.6 Å². The van der Waals surface area contributed by atoms with Crippen LogP contribution < -0.4 is 0 Å². The predicted molar refractivity (Wildman–Crippen MR) is 82.1 cm³/mol. The first-order valence-electron chi connectivity index (χ1n) is 5.72. The van der Waals surface area contributed by atoms with Gasteiger partial charge in [0.2, 0.25) is 0 Å². The van der Waals surface area contributed by atoms with Crippen molar-refractivity contribution in [1.82, 2.24) is 0 Å². The molecule has 0 atom stereocenters. The van der Waals surface area contributed by atoms with E-state index in [0.717, 1.165) is 5.56 Å². The Morgan fingerprint density at radius 3 is 2.19 bits per heavy atom. The van der Waals surface area contributed by atoms with E-state index in [-0.39, 0.29) is 5.69 Å². The number of halogens is 4. The van der Waals surface area contributed by atoms with Crippen molar-refractivity contribution in [2.45, 2.75) is 11.8 Å². The maximum absolute atomic E-state index is 13.4. The van der Waals surface area contributed by atoms with Gasteiger partial charge in [-0.3, -0.25) is 4.99 Å². The van der Waals surface area contributed by atoms with Crippen molar-refractivity contribution in [1.29, 1.82) is 0 Å². The van der Waals surface area contributed by atoms with Crippen molar-refractivity contribution in [3.63, 3.8) is 0 Å². The second-order valence-electron chi connectivity index (χ2n) is 3.89. The molecule has 2 aromatic rings. The fraction of sp³-hybridized carbons (Fsp3) is 0.0714. The Bertz CT molecular complexity index is 618. The summed E-state index contributed by atoms with van der Waals surface area (Å²) < 4.78 is 26.7. The summed E-state index contributed by atoms with van der Waals surface area (Å²) in [6, 6.07) is 9.10. The second-order valence-corrected chi connectivity index (χ2v) is 6.88. The summed E-state index contributed by atoms with van der Waals surface area (Å²) in [6.45, 7) is 1.88. The average molecular weight is 381 g/mol. The summed E-state index contributed by atoms with van der Waals surface area (Å²) in [6.07, 6.45) is 1.39. The number of nitrogens with zero attached hydrogens (tertiary/aromatic N) is 1. The van der Waals surface area contributed by atoms with E-state index in [0.29, 0.717) is 10.5 Å². The normalized spacial score (nSPS) is 10.1. The number of para-hydroxylation sites is 1. The molecule has 0 aliphatic carbocycles. The van der Waals surface area contributed by atoms with Gasteiger partial charge >= 0.3 is 35.6 Å². The predicted octanol–water partition coefficient (Wildman–Crippen LogP) is 5.31. The topological polar surface area (TPSA) is 12.4 Å². The average Bonchev–Trinajstić information content (AvgIpc) is 2.43. The molecule has 21 heavy (non-hydrogen) atoms. The summed E-state index contributed by atoms with van der Waals surface area (Å²) in [7, 11) is 9.78. The molecular weight excluding hydrogens is 371 g/mol. The van der Waals surface area contributed by atoms with E-state index in [4.69, 9.17) is 31.2 Å². The number of hydrogen-bond acceptors (Lipinski definition) is 2. The van der Waals surface area contributed by atoms with Crippen LogP contribution in [0.25, 0.3) is 0 Å². The van der Waals surface area contributed by atoms with Crippen molar-refractivity contribution < 1.29 is 25.8 Å². The molecule has 0 N–H and O–H groups in total. The van der Waals surface area contributed by atoms with Gasteiger partial charge in [0.25, 0.3) is 0 Å². The minimum atomic E-state index is -0.690. The molecule has 0 heterocycles. The van der Waals surface area contributed by atoms with Crippen LogP contribution in [0.3, 0.4) is 0 Å². The summed E-state index contributed by atoms with van der Waals surface area (Å²) in [5.74, 6) is -1.38. The zero-order valence-electron chi connectivity index (χ0n) is 10.9. The van der Waals surface area contributed by atoms with Gasteiger partial charge in [-0.05, 0) is 24.6 Å². The van der Waals surface area contributed by atoms with Gasteiger partial charge in [0.15, 0.2) is 11.6 Å². The molecule has 7 heteroatoms. The summed E-state index contributed by atoms with van der Waals surface area (Å²) in [4.78, 5) is 4.47. The fourth-order valence-electron chi connectivity index (χ4n) is 1.52. The first-order valence-corrected chi connectivity index (χ1v) is 10.4. The number of rotatable bonds is 2. The van der Waals surface area contributed by atoms with E-state index in [1.54, 1.807) is 6.07 Å². The van der Waals surface area contributed by atoms with Crippen LogP contribution in [0.4, 0.5) is 14.5 Å². The molecule has 0 unspecified atom stereocenters. The molecule has 110 valence electrons. The van der Waals surface area contributed by atoms with Crippen molar-refractivity contribution in [3.05, 3.63) is 59.2 Å². The van der Waals surface area contributed by atoms with Gasteiger partial charge in [-0.25, -0.2) is 8.78 Å². The number of aryl methyl sites for hydroxylation is 1. The second kappa shape index (κ2) is 9.49. The maximum atomic E-state index is 13.4. The summed E-state index contributed by atoms with van der Waals surface area (Å²) in [5, 5.41) is 0. The van der Waals surface area contributed by atoms with Gasteiger partial charge in [-0.1, -0.05) is 29.8 Å². The van der Waals surface area contributed by atoms with Crippen LogP contribution in [0, 0.1) is 18.6 Å². The van der Waals surface area contributed by atoms with Crippen molar-refractivity contribution in [2.24, 2.45) is 4.99 Å². The number of hydrogen-bond donors (Lipinski definition) is 0. The van der Waals surface area contributed by atoms with Crippen molar-refractivity contribution in [2.75, 3.05) is 0 Å². The molecule has 2 aromatic carbocycles. The Hall–Kier alpha value is -0.516. The molecule has 0 aromatic heterocycles. The molecule has 0 saturated carbocycles. The van der Waals surface area contributed by atoms with Gasteiger partial charge in [-0.2, -0.15) is 4.90 Å². The van der Waals surface area contributed by atoms with Crippen molar-refractivity contribution in [3.8, 4) is 0 Å². The van der Waals surface area contributed by atoms with Crippen LogP contribution in [0.15, 0.2) is 46.3 Å². The molecule has 0 fully saturated rings. The Balaban J connectivity index is 0.000000677. The summed E-state index contributed by atoms with van der Waals surface area (Å²) >= 11 is 4.64. The third-order valence-corrected chi connectivity index (χ3v) is 3.07. The zero-order chi connectivity index (χ0) is 15.8. The monoisotopic (exact) mass is 380 g/mol. The molecule has 0 radical (unpaired) electrons. The van der Waals surface area contributed by atoms with Crippen LogP contribution in [0.5, 0.6) is 0 Å². The zero-order valence-corrected chi connectivity index (χ0v) is 14.8. The van der Waals surface area contributed by atoms with E-state index in [1.807, 2.05) is 19.1 Å². The van der Waals surface area contributed by atoms with E-state index in [9.17, 15) is 8.78 Å². The molecule has 0 spiro atoms. The van der Waals surface area contributed by atoms with Crippen LogP contribution in [0.1, 0.15) is 11.1 Å². The van der Waals surface area contributed by atoms with Gasteiger partial charge in [0.1, 0.15) is 5.69 Å². The fourth-order valence-corrected chi connectivity index (χ4v) is 1.71. The van der Waals surface area contributed by atoms with Gasteiger partial charge < -0.3 is 12.6 Å². The Morgan fingerprint density at radius 2 is 1.62 bits per heavy atom. The standard InChI is InChI=1S/C14H11F2NS.2ClH.Ti/c1-9-4-2-5-10(14(9)18)8-17-13-11(15)6-3-7-12(13)16;;;/h2-8,18H,1H3;2*1H;/q;;;+2/p-3. The Morgan fingerprint density at radius 1 is 1.10 bits per heavy atom. The molecule has 0 aliphatic rings. The Kier molecular flexibility index (Phi) is 8.38. The van der Waals surface area contributed by atoms with E-state index >= 15 is 0 Å². The van der Waals surface area contributed by atoms with Gasteiger partial charge in [-0.15, -0.1) is 0 Å². The Labute approximate surface area is 144 Å². The molecule has 0 bridgehead atoms. The van der Waals surface area contributed by atoms with E-state index in [1.165, 1.54) is 24.4 Å². The number of aliphatic imine (C=N–C) groups is 1. The quantitative estimate of drug-likeness (QED) is 0.391. The summed E-state index contributed by atoms with van der Waals surface area (Å²) in [5.41, 5.74) is 1.31. The molecule has 1 nitrogen and oxygen atoms in total. The molecule has 0 aliphatic heterocycles. The van der Waals surface area contributed by atoms with Crippen LogP contribution in [-0.4, -0.2) is 6.21 Å². The molecule has 0 amide bonds. The minimum absolute atomic E-state index is 0.298. The third kappa shape index (κ3) is 5.64. The molecule has 2 rings (SSSR count).